The Kier molecular flexibility index (Phi) is 3.39. The maximum atomic E-state index is 12.2. The molecule has 0 bridgehead atoms. The number of pyridine rings is 1. The van der Waals surface area contributed by atoms with E-state index in [4.69, 9.17) is 0 Å². The van der Waals surface area contributed by atoms with Crippen molar-refractivity contribution in [2.75, 3.05) is 0 Å². The minimum atomic E-state index is -2.52. The van der Waals surface area contributed by atoms with Crippen molar-refractivity contribution in [3.05, 3.63) is 25.5 Å². The monoisotopic (exact) mass is 347 g/mol. The molecule has 0 amide bonds. The molecular formula is C7H5BrF2IN. The van der Waals surface area contributed by atoms with Crippen LogP contribution in [0.25, 0.3) is 0 Å². The number of halogens is 4. The third kappa shape index (κ3) is 1.93. The van der Waals surface area contributed by atoms with Crippen LogP contribution in [0.3, 0.4) is 0 Å². The Balaban J connectivity index is 3.27. The van der Waals surface area contributed by atoms with Gasteiger partial charge in [-0.05, 0) is 51.0 Å². The van der Waals surface area contributed by atoms with E-state index < -0.39 is 6.43 Å². The molecule has 0 N–H and O–H groups in total. The number of aromatic nitrogens is 1. The lowest BCUT2D eigenvalue weighted by Gasteiger charge is -2.05. The first-order valence-electron chi connectivity index (χ1n) is 3.12. The molecule has 0 aliphatic rings. The van der Waals surface area contributed by atoms with Gasteiger partial charge in [-0.1, -0.05) is 0 Å². The topological polar surface area (TPSA) is 12.9 Å². The molecule has 0 spiro atoms. The summed E-state index contributed by atoms with van der Waals surface area (Å²) in [5.74, 6) is 0. The van der Waals surface area contributed by atoms with Gasteiger partial charge in [0.2, 0.25) is 0 Å². The fourth-order valence-corrected chi connectivity index (χ4v) is 1.72. The molecule has 1 rings (SSSR count). The predicted octanol–water partition coefficient (Wildman–Crippen LogP) is 3.69. The molecule has 0 fully saturated rings. The van der Waals surface area contributed by atoms with E-state index in [2.05, 4.69) is 20.9 Å². The van der Waals surface area contributed by atoms with Gasteiger partial charge >= 0.3 is 0 Å². The summed E-state index contributed by atoms with van der Waals surface area (Å²) in [5, 5.41) is 0. The highest BCUT2D eigenvalue weighted by Gasteiger charge is 2.16. The quantitative estimate of drug-likeness (QED) is 0.706. The van der Waals surface area contributed by atoms with Gasteiger partial charge in [0.1, 0.15) is 5.69 Å². The fraction of sp³-hybridized carbons (Fsp3) is 0.286. The van der Waals surface area contributed by atoms with E-state index in [-0.39, 0.29) is 5.69 Å². The van der Waals surface area contributed by atoms with Crippen LogP contribution in [0.1, 0.15) is 17.7 Å². The van der Waals surface area contributed by atoms with E-state index in [1.54, 1.807) is 0 Å². The smallest absolute Gasteiger partial charge is 0.254 e. The van der Waals surface area contributed by atoms with E-state index in [0.29, 0.717) is 4.47 Å². The first-order chi connectivity index (χ1) is 5.54. The molecule has 5 heteroatoms. The molecule has 1 nitrogen and oxygen atoms in total. The summed E-state index contributed by atoms with van der Waals surface area (Å²) in [6.45, 7) is 1.83. The van der Waals surface area contributed by atoms with Crippen molar-refractivity contribution in [2.45, 2.75) is 13.3 Å². The van der Waals surface area contributed by atoms with Gasteiger partial charge in [-0.25, -0.2) is 8.78 Å². The zero-order chi connectivity index (χ0) is 9.30. The van der Waals surface area contributed by atoms with Gasteiger partial charge in [0, 0.05) is 9.77 Å². The molecule has 0 aliphatic carbocycles. The molecule has 1 aromatic heterocycles. The van der Waals surface area contributed by atoms with Crippen LogP contribution in [0, 0.1) is 10.5 Å². The number of alkyl halides is 2. The van der Waals surface area contributed by atoms with Crippen molar-refractivity contribution in [1.82, 2.24) is 4.98 Å². The van der Waals surface area contributed by atoms with Gasteiger partial charge in [0.05, 0.1) is 4.47 Å². The molecule has 0 saturated heterocycles. The molecule has 12 heavy (non-hydrogen) atoms. The van der Waals surface area contributed by atoms with Crippen LogP contribution < -0.4 is 0 Å². The Morgan fingerprint density at radius 2 is 2.17 bits per heavy atom. The van der Waals surface area contributed by atoms with E-state index in [1.165, 1.54) is 6.20 Å². The molecule has 0 saturated carbocycles. The number of rotatable bonds is 1. The third-order valence-corrected chi connectivity index (χ3v) is 4.30. The normalized spacial score (nSPS) is 10.8. The maximum absolute atomic E-state index is 12.2. The van der Waals surface area contributed by atoms with Crippen LogP contribution in [0.2, 0.25) is 0 Å². The van der Waals surface area contributed by atoms with Crippen molar-refractivity contribution >= 4 is 38.5 Å². The number of hydrogen-bond acceptors (Lipinski definition) is 1. The second-order valence-corrected chi connectivity index (χ2v) is 4.13. The van der Waals surface area contributed by atoms with Crippen molar-refractivity contribution in [3.63, 3.8) is 0 Å². The molecule has 0 unspecified atom stereocenters. The lowest BCUT2D eigenvalue weighted by atomic mass is 10.3. The van der Waals surface area contributed by atoms with Gasteiger partial charge in [-0.3, -0.25) is 4.98 Å². The van der Waals surface area contributed by atoms with Crippen LogP contribution in [-0.4, -0.2) is 4.98 Å². The Labute approximate surface area is 90.8 Å². The summed E-state index contributed by atoms with van der Waals surface area (Å²) >= 11 is 5.09. The van der Waals surface area contributed by atoms with E-state index in [0.717, 1.165) is 9.13 Å². The highest BCUT2D eigenvalue weighted by atomic mass is 127. The van der Waals surface area contributed by atoms with Crippen molar-refractivity contribution in [2.24, 2.45) is 0 Å². The number of hydrogen-bond donors (Lipinski definition) is 0. The molecule has 1 aromatic rings. The number of aryl methyl sites for hydroxylation is 1. The highest BCUT2D eigenvalue weighted by Crippen LogP contribution is 2.30. The van der Waals surface area contributed by atoms with E-state index >= 15 is 0 Å². The van der Waals surface area contributed by atoms with Crippen molar-refractivity contribution in [3.8, 4) is 0 Å². The fourth-order valence-electron chi connectivity index (χ4n) is 0.717. The van der Waals surface area contributed by atoms with Crippen LogP contribution in [-0.2, 0) is 0 Å². The van der Waals surface area contributed by atoms with Crippen LogP contribution in [0.4, 0.5) is 8.78 Å². The lowest BCUT2D eigenvalue weighted by Crippen LogP contribution is -1.95. The zero-order valence-corrected chi connectivity index (χ0v) is 9.86. The second kappa shape index (κ2) is 3.95. The molecule has 1 heterocycles. The summed E-state index contributed by atoms with van der Waals surface area (Å²) < 4.78 is 25.7. The summed E-state index contributed by atoms with van der Waals surface area (Å²) in [6.07, 6.45) is -1.07. The first-order valence-corrected chi connectivity index (χ1v) is 5.00. The largest absolute Gasteiger partial charge is 0.281 e. The lowest BCUT2D eigenvalue weighted by molar-refractivity contribution is 0.145. The summed E-state index contributed by atoms with van der Waals surface area (Å²) in [7, 11) is 0. The van der Waals surface area contributed by atoms with Gasteiger partial charge in [0.25, 0.3) is 6.43 Å². The van der Waals surface area contributed by atoms with E-state index in [1.807, 2.05) is 29.5 Å². The third-order valence-electron chi connectivity index (χ3n) is 1.37. The van der Waals surface area contributed by atoms with Gasteiger partial charge in [0.15, 0.2) is 0 Å². The highest BCUT2D eigenvalue weighted by molar-refractivity contribution is 14.1. The maximum Gasteiger partial charge on any atom is 0.281 e. The Bertz CT molecular complexity index is 304. The van der Waals surface area contributed by atoms with E-state index in [9.17, 15) is 8.78 Å². The van der Waals surface area contributed by atoms with Gasteiger partial charge in [-0.2, -0.15) is 0 Å². The second-order valence-electron chi connectivity index (χ2n) is 2.26. The van der Waals surface area contributed by atoms with Gasteiger partial charge in [-0.15, -0.1) is 0 Å². The molecule has 0 atom stereocenters. The Morgan fingerprint density at radius 3 is 2.67 bits per heavy atom. The minimum absolute atomic E-state index is 0.190. The molecule has 0 radical (unpaired) electrons. The molecule has 0 aliphatic heterocycles. The Hall–Kier alpha value is 0.220. The SMILES string of the molecule is Cc1cnc(C(F)F)c(Br)c1I. The minimum Gasteiger partial charge on any atom is -0.254 e. The van der Waals surface area contributed by atoms with Crippen molar-refractivity contribution < 1.29 is 8.78 Å². The summed E-state index contributed by atoms with van der Waals surface area (Å²) in [5.41, 5.74) is 0.705. The van der Waals surface area contributed by atoms with Crippen LogP contribution in [0.5, 0.6) is 0 Å². The van der Waals surface area contributed by atoms with Crippen LogP contribution >= 0.6 is 38.5 Å². The Morgan fingerprint density at radius 1 is 1.58 bits per heavy atom. The summed E-state index contributed by atoms with van der Waals surface area (Å²) in [4.78, 5) is 3.64. The first kappa shape index (κ1) is 10.3. The molecule has 0 aromatic carbocycles. The standard InChI is InChI=1S/C7H5BrF2IN/c1-3-2-12-6(7(9)10)4(8)5(3)11/h2,7H,1H3. The van der Waals surface area contributed by atoms with Gasteiger partial charge < -0.3 is 0 Å². The zero-order valence-electron chi connectivity index (χ0n) is 6.11. The average Bonchev–Trinajstić information content (AvgIpc) is 2.00. The molecule has 66 valence electrons. The summed E-state index contributed by atoms with van der Waals surface area (Å²) in [6, 6.07) is 0. The van der Waals surface area contributed by atoms with Crippen molar-refractivity contribution in [1.29, 1.82) is 0 Å². The van der Waals surface area contributed by atoms with Crippen LogP contribution in [0.15, 0.2) is 10.7 Å². The molecular weight excluding hydrogens is 343 g/mol. The predicted molar refractivity (Wildman–Crippen MR) is 54.3 cm³/mol. The average molecular weight is 348 g/mol. The number of nitrogens with zero attached hydrogens (tertiary/aromatic N) is 1.